The van der Waals surface area contributed by atoms with Crippen LogP contribution in [-0.4, -0.2) is 13.2 Å². The fraction of sp³-hybridized carbons (Fsp3) is 0.538. The van der Waals surface area contributed by atoms with Gasteiger partial charge in [0.25, 0.3) is 0 Å². The lowest BCUT2D eigenvalue weighted by Gasteiger charge is -2.05. The molecule has 0 saturated carbocycles. The highest BCUT2D eigenvalue weighted by molar-refractivity contribution is 5.19. The number of hydrogen-bond donors (Lipinski definition) is 0. The summed E-state index contributed by atoms with van der Waals surface area (Å²) in [6.45, 7) is 11.3. The zero-order valence-corrected chi connectivity index (χ0v) is 10.1. The quantitative estimate of drug-likeness (QED) is 0.448. The second-order valence-electron chi connectivity index (χ2n) is 3.10. The van der Waals surface area contributed by atoms with E-state index in [2.05, 4.69) is 20.4 Å². The van der Waals surface area contributed by atoms with Crippen LogP contribution in [0.1, 0.15) is 33.6 Å². The standard InChI is InChI=1S/C13H22O2/c1-5-8-13(14-7-3)10-9-12(4)15-11-6-2/h8-10H,4-7,11H2,1-3H3/b10-9-,13-8+. The van der Waals surface area contributed by atoms with Gasteiger partial charge in [0.2, 0.25) is 0 Å². The summed E-state index contributed by atoms with van der Waals surface area (Å²) < 4.78 is 10.7. The van der Waals surface area contributed by atoms with Crippen LogP contribution in [0.3, 0.4) is 0 Å². The van der Waals surface area contributed by atoms with Gasteiger partial charge in [-0.2, -0.15) is 0 Å². The van der Waals surface area contributed by atoms with Crippen molar-refractivity contribution < 1.29 is 9.47 Å². The maximum atomic E-state index is 5.41. The Morgan fingerprint density at radius 3 is 2.40 bits per heavy atom. The van der Waals surface area contributed by atoms with Gasteiger partial charge >= 0.3 is 0 Å². The van der Waals surface area contributed by atoms with Crippen molar-refractivity contribution in [1.82, 2.24) is 0 Å². The molecule has 15 heavy (non-hydrogen) atoms. The fourth-order valence-corrected chi connectivity index (χ4v) is 0.999. The maximum absolute atomic E-state index is 5.41. The Labute approximate surface area is 93.3 Å². The summed E-state index contributed by atoms with van der Waals surface area (Å²) >= 11 is 0. The van der Waals surface area contributed by atoms with Gasteiger partial charge in [-0.15, -0.1) is 0 Å². The molecule has 0 rings (SSSR count). The molecule has 0 aliphatic carbocycles. The molecular formula is C13H22O2. The monoisotopic (exact) mass is 210 g/mol. The average molecular weight is 210 g/mol. The largest absolute Gasteiger partial charge is 0.494 e. The van der Waals surface area contributed by atoms with Crippen LogP contribution in [0.2, 0.25) is 0 Å². The number of hydrogen-bond acceptors (Lipinski definition) is 2. The molecule has 0 radical (unpaired) electrons. The van der Waals surface area contributed by atoms with Crippen LogP contribution < -0.4 is 0 Å². The molecule has 2 heteroatoms. The van der Waals surface area contributed by atoms with Gasteiger partial charge in [0.1, 0.15) is 11.5 Å². The number of rotatable bonds is 8. The molecule has 0 spiro atoms. The van der Waals surface area contributed by atoms with Gasteiger partial charge in [-0.1, -0.05) is 20.4 Å². The molecule has 0 unspecified atom stereocenters. The summed E-state index contributed by atoms with van der Waals surface area (Å²) in [6.07, 6.45) is 7.73. The lowest BCUT2D eigenvalue weighted by atomic mass is 10.3. The van der Waals surface area contributed by atoms with Gasteiger partial charge in [-0.05, 0) is 38.0 Å². The molecule has 0 aromatic heterocycles. The third kappa shape index (κ3) is 7.86. The van der Waals surface area contributed by atoms with Crippen LogP contribution in [0.4, 0.5) is 0 Å². The average Bonchev–Trinajstić information content (AvgIpc) is 2.23. The van der Waals surface area contributed by atoms with Crippen molar-refractivity contribution >= 4 is 0 Å². The summed E-state index contributed by atoms with van der Waals surface area (Å²) in [7, 11) is 0. The molecule has 0 saturated heterocycles. The summed E-state index contributed by atoms with van der Waals surface area (Å²) in [4.78, 5) is 0. The van der Waals surface area contributed by atoms with E-state index in [1.807, 2.05) is 25.2 Å². The van der Waals surface area contributed by atoms with Crippen molar-refractivity contribution in [2.24, 2.45) is 0 Å². The third-order valence-corrected chi connectivity index (χ3v) is 1.64. The highest BCUT2D eigenvalue weighted by Gasteiger charge is 1.92. The first-order valence-corrected chi connectivity index (χ1v) is 5.57. The van der Waals surface area contributed by atoms with Crippen LogP contribution in [0.15, 0.2) is 36.3 Å². The molecule has 0 aliphatic heterocycles. The van der Waals surface area contributed by atoms with Gasteiger partial charge in [-0.3, -0.25) is 0 Å². The minimum atomic E-state index is 0.679. The van der Waals surface area contributed by atoms with Crippen LogP contribution >= 0.6 is 0 Å². The Morgan fingerprint density at radius 2 is 1.87 bits per heavy atom. The van der Waals surface area contributed by atoms with E-state index in [-0.39, 0.29) is 0 Å². The van der Waals surface area contributed by atoms with E-state index in [0.717, 1.165) is 18.6 Å². The van der Waals surface area contributed by atoms with Gasteiger partial charge in [-0.25, -0.2) is 0 Å². The third-order valence-electron chi connectivity index (χ3n) is 1.64. The van der Waals surface area contributed by atoms with Crippen molar-refractivity contribution in [3.63, 3.8) is 0 Å². The summed E-state index contributed by atoms with van der Waals surface area (Å²) in [5.74, 6) is 1.56. The highest BCUT2D eigenvalue weighted by Crippen LogP contribution is 2.05. The van der Waals surface area contributed by atoms with Gasteiger partial charge in [0.15, 0.2) is 0 Å². The predicted octanol–water partition coefficient (Wildman–Crippen LogP) is 3.81. The molecule has 86 valence electrons. The van der Waals surface area contributed by atoms with Gasteiger partial charge < -0.3 is 9.47 Å². The van der Waals surface area contributed by atoms with Crippen molar-refractivity contribution in [1.29, 1.82) is 0 Å². The summed E-state index contributed by atoms with van der Waals surface area (Å²) in [5, 5.41) is 0. The second-order valence-corrected chi connectivity index (χ2v) is 3.10. The lowest BCUT2D eigenvalue weighted by Crippen LogP contribution is -1.91. The molecule has 0 aliphatic rings. The number of allylic oxidation sites excluding steroid dienone is 3. The Balaban J connectivity index is 4.08. The normalized spacial score (nSPS) is 11.8. The molecule has 0 heterocycles. The molecule has 0 amide bonds. The van der Waals surface area contributed by atoms with Crippen LogP contribution in [0.5, 0.6) is 0 Å². The van der Waals surface area contributed by atoms with Crippen LogP contribution in [0, 0.1) is 0 Å². The van der Waals surface area contributed by atoms with Crippen molar-refractivity contribution in [2.45, 2.75) is 33.6 Å². The Kier molecular flexibility index (Phi) is 8.64. The minimum Gasteiger partial charge on any atom is -0.494 e. The fourth-order valence-electron chi connectivity index (χ4n) is 0.999. The van der Waals surface area contributed by atoms with E-state index in [1.165, 1.54) is 0 Å². The summed E-state index contributed by atoms with van der Waals surface area (Å²) in [5.41, 5.74) is 0. The summed E-state index contributed by atoms with van der Waals surface area (Å²) in [6, 6.07) is 0. The zero-order chi connectivity index (χ0) is 11.5. The molecular weight excluding hydrogens is 188 g/mol. The van der Waals surface area contributed by atoms with Crippen molar-refractivity contribution in [3.05, 3.63) is 36.3 Å². The van der Waals surface area contributed by atoms with E-state index in [9.17, 15) is 0 Å². The van der Waals surface area contributed by atoms with Gasteiger partial charge in [0, 0.05) is 0 Å². The first kappa shape index (κ1) is 13.8. The first-order chi connectivity index (χ1) is 7.24. The SMILES string of the molecule is C=C(/C=C\C(=C/CC)OCC)OCCC. The van der Waals surface area contributed by atoms with Gasteiger partial charge in [0.05, 0.1) is 13.2 Å². The minimum absolute atomic E-state index is 0.679. The van der Waals surface area contributed by atoms with Crippen molar-refractivity contribution in [2.75, 3.05) is 13.2 Å². The second kappa shape index (κ2) is 9.38. The van der Waals surface area contributed by atoms with E-state index in [1.54, 1.807) is 0 Å². The molecule has 0 N–H and O–H groups in total. The first-order valence-electron chi connectivity index (χ1n) is 5.57. The molecule has 2 nitrogen and oxygen atoms in total. The predicted molar refractivity (Wildman–Crippen MR) is 64.5 cm³/mol. The Morgan fingerprint density at radius 1 is 1.13 bits per heavy atom. The van der Waals surface area contributed by atoms with E-state index in [4.69, 9.17) is 9.47 Å². The molecule has 0 aromatic carbocycles. The van der Waals surface area contributed by atoms with E-state index >= 15 is 0 Å². The zero-order valence-electron chi connectivity index (χ0n) is 10.1. The molecule has 0 aromatic rings. The highest BCUT2D eigenvalue weighted by atomic mass is 16.5. The van der Waals surface area contributed by atoms with E-state index in [0.29, 0.717) is 19.0 Å². The molecule has 0 atom stereocenters. The number of ether oxygens (including phenoxy) is 2. The lowest BCUT2D eigenvalue weighted by molar-refractivity contribution is 0.224. The smallest absolute Gasteiger partial charge is 0.115 e. The molecule has 0 fully saturated rings. The van der Waals surface area contributed by atoms with Crippen LogP contribution in [-0.2, 0) is 9.47 Å². The Hall–Kier alpha value is -1.18. The molecule has 0 bridgehead atoms. The topological polar surface area (TPSA) is 18.5 Å². The van der Waals surface area contributed by atoms with Crippen molar-refractivity contribution in [3.8, 4) is 0 Å². The van der Waals surface area contributed by atoms with Crippen LogP contribution in [0.25, 0.3) is 0 Å². The van der Waals surface area contributed by atoms with E-state index < -0.39 is 0 Å². The maximum Gasteiger partial charge on any atom is 0.115 e. The Bertz CT molecular complexity index is 227.